The molecule has 0 bridgehead atoms. The maximum absolute atomic E-state index is 8.22. The van der Waals surface area contributed by atoms with Crippen molar-refractivity contribution in [2.45, 2.75) is 0 Å². The van der Waals surface area contributed by atoms with E-state index in [1.807, 2.05) is 42.5 Å². The summed E-state index contributed by atoms with van der Waals surface area (Å²) in [5.74, 6) is 0.783. The number of benzene rings is 5. The summed E-state index contributed by atoms with van der Waals surface area (Å²) >= 11 is 0. The lowest BCUT2D eigenvalue weighted by Gasteiger charge is -2.19. The summed E-state index contributed by atoms with van der Waals surface area (Å²) in [5, 5.41) is 0.877. The molecule has 2 aromatic heterocycles. The topological polar surface area (TPSA) is 31.0 Å². The Hall–Kier alpha value is -4.89. The quantitative estimate of drug-likeness (QED) is 0.261. The molecule has 5 aromatic carbocycles. The van der Waals surface area contributed by atoms with Crippen molar-refractivity contribution in [1.82, 2.24) is 9.55 Å². The van der Waals surface area contributed by atoms with Crippen molar-refractivity contribution < 1.29 is 5.79 Å². The van der Waals surface area contributed by atoms with Gasteiger partial charge >= 0.3 is 0 Å². The average Bonchev–Trinajstić information content (AvgIpc) is 3.54. The predicted molar refractivity (Wildman–Crippen MR) is 147 cm³/mol. The Bertz CT molecular complexity index is 1830. The van der Waals surface area contributed by atoms with Crippen molar-refractivity contribution in [2.24, 2.45) is 0 Å². The van der Waals surface area contributed by atoms with Gasteiger partial charge in [0, 0.05) is 16.5 Å². The second-order valence-electron chi connectivity index (χ2n) is 8.76. The number of fused-ring (bicyclic) bond motifs is 2. The number of imidazole rings is 1. The molecule has 0 atom stereocenters. The lowest BCUT2D eigenvalue weighted by atomic mass is 9.95. The Balaban J connectivity index is 1.63. The van der Waals surface area contributed by atoms with Crippen molar-refractivity contribution in [2.75, 3.05) is 0 Å². The first-order valence-corrected chi connectivity index (χ1v) is 12.0. The molecule has 7 rings (SSSR count). The van der Waals surface area contributed by atoms with Gasteiger partial charge in [-0.15, -0.1) is 0 Å². The number of nitrogens with zero attached hydrogens (tertiary/aromatic N) is 2. The van der Waals surface area contributed by atoms with Crippen LogP contribution in [0.4, 0.5) is 0 Å². The fourth-order valence-corrected chi connectivity index (χ4v) is 5.01. The number of furan rings is 1. The third-order valence-corrected chi connectivity index (χ3v) is 6.65. The number of hydrogen-bond acceptors (Lipinski definition) is 2. The standard InChI is InChI=1S/C33H22N2O/c1-3-12-23(13-4-1)25-17-11-18-26(24-14-5-2-6-15-24)32(25)35-30-20-9-8-19-29(30)34-33(35)28-22-36-31-21-10-7-16-27(28)31/h1-22H/i7D. The molecule has 7 aromatic rings. The third kappa shape index (κ3) is 3.25. The summed E-state index contributed by atoms with van der Waals surface area (Å²) in [6.07, 6.45) is 1.76. The van der Waals surface area contributed by atoms with Gasteiger partial charge in [0.05, 0.1) is 23.7 Å². The highest BCUT2D eigenvalue weighted by Gasteiger charge is 2.23. The van der Waals surface area contributed by atoms with Gasteiger partial charge in [0.25, 0.3) is 0 Å². The van der Waals surface area contributed by atoms with Crippen LogP contribution in [-0.4, -0.2) is 9.55 Å². The van der Waals surface area contributed by atoms with Crippen LogP contribution >= 0.6 is 0 Å². The molecule has 0 amide bonds. The minimum atomic E-state index is 0.437. The molecule has 0 saturated heterocycles. The molecule has 170 valence electrons. The Morgan fingerprint density at radius 1 is 0.611 bits per heavy atom. The summed E-state index contributed by atoms with van der Waals surface area (Å²) in [4.78, 5) is 5.12. The first-order chi connectivity index (χ1) is 18.3. The monoisotopic (exact) mass is 463 g/mol. The van der Waals surface area contributed by atoms with Crippen LogP contribution in [0.1, 0.15) is 1.37 Å². The summed E-state index contributed by atoms with van der Waals surface area (Å²) < 4.78 is 16.4. The van der Waals surface area contributed by atoms with E-state index in [1.54, 1.807) is 12.3 Å². The van der Waals surface area contributed by atoms with Gasteiger partial charge in [-0.05, 0) is 29.3 Å². The zero-order valence-electron chi connectivity index (χ0n) is 20.4. The minimum Gasteiger partial charge on any atom is -0.464 e. The maximum Gasteiger partial charge on any atom is 0.149 e. The summed E-state index contributed by atoms with van der Waals surface area (Å²) in [5.41, 5.74) is 9.05. The van der Waals surface area contributed by atoms with Gasteiger partial charge in [0.15, 0.2) is 0 Å². The van der Waals surface area contributed by atoms with Crippen LogP contribution in [0.5, 0.6) is 0 Å². The molecule has 0 unspecified atom stereocenters. The zero-order valence-corrected chi connectivity index (χ0v) is 19.4. The first-order valence-electron chi connectivity index (χ1n) is 12.5. The van der Waals surface area contributed by atoms with E-state index >= 15 is 0 Å². The van der Waals surface area contributed by atoms with Crippen molar-refractivity contribution >= 4 is 22.0 Å². The number of hydrogen-bond donors (Lipinski definition) is 0. The molecule has 36 heavy (non-hydrogen) atoms. The normalized spacial score (nSPS) is 11.7. The molecule has 0 radical (unpaired) electrons. The summed E-state index contributed by atoms with van der Waals surface area (Å²) in [6, 6.07) is 41.5. The van der Waals surface area contributed by atoms with Crippen LogP contribution < -0.4 is 0 Å². The zero-order chi connectivity index (χ0) is 24.8. The number of aromatic nitrogens is 2. The van der Waals surface area contributed by atoms with Crippen molar-refractivity contribution in [3.63, 3.8) is 0 Å². The van der Waals surface area contributed by atoms with Gasteiger partial charge in [0.1, 0.15) is 17.7 Å². The van der Waals surface area contributed by atoms with E-state index in [2.05, 4.69) is 77.4 Å². The second kappa shape index (κ2) is 8.40. The van der Waals surface area contributed by atoms with E-state index in [9.17, 15) is 0 Å². The highest BCUT2D eigenvalue weighted by molar-refractivity contribution is 5.97. The van der Waals surface area contributed by atoms with E-state index < -0.39 is 0 Å². The molecule has 0 N–H and O–H groups in total. The van der Waals surface area contributed by atoms with Crippen LogP contribution in [-0.2, 0) is 0 Å². The first kappa shape index (κ1) is 19.4. The Kier molecular flexibility index (Phi) is 4.53. The summed E-state index contributed by atoms with van der Waals surface area (Å²) in [6.45, 7) is 0. The molecule has 3 heteroatoms. The fraction of sp³-hybridized carbons (Fsp3) is 0. The molecule has 2 heterocycles. The van der Waals surface area contributed by atoms with E-state index in [-0.39, 0.29) is 0 Å². The number of rotatable bonds is 4. The van der Waals surface area contributed by atoms with Gasteiger partial charge in [-0.1, -0.05) is 109 Å². The fourth-order valence-electron chi connectivity index (χ4n) is 5.01. The van der Waals surface area contributed by atoms with Crippen LogP contribution in [0.25, 0.3) is 61.3 Å². The molecular weight excluding hydrogens is 440 g/mol. The van der Waals surface area contributed by atoms with Crippen LogP contribution in [0.3, 0.4) is 0 Å². The minimum absolute atomic E-state index is 0.437. The molecule has 0 spiro atoms. The Morgan fingerprint density at radius 3 is 2.00 bits per heavy atom. The molecule has 0 fully saturated rings. The molecule has 0 saturated carbocycles. The van der Waals surface area contributed by atoms with Gasteiger partial charge in [-0.25, -0.2) is 4.98 Å². The van der Waals surface area contributed by atoms with Gasteiger partial charge in [-0.2, -0.15) is 0 Å². The highest BCUT2D eigenvalue weighted by atomic mass is 16.3. The SMILES string of the molecule is [2H]c1ccc2occ(-c3nc4ccccc4n3-c3c(-c4ccccc4)cccc3-c3ccccc3)c2c1. The smallest absolute Gasteiger partial charge is 0.149 e. The average molecular weight is 464 g/mol. The predicted octanol–water partition coefficient (Wildman–Crippen LogP) is 8.77. The van der Waals surface area contributed by atoms with Gasteiger partial charge < -0.3 is 4.42 Å². The molecule has 0 aliphatic rings. The van der Waals surface area contributed by atoms with E-state index in [1.165, 1.54) is 0 Å². The highest BCUT2D eigenvalue weighted by Crippen LogP contribution is 2.41. The summed E-state index contributed by atoms with van der Waals surface area (Å²) in [7, 11) is 0. The third-order valence-electron chi connectivity index (χ3n) is 6.65. The lowest BCUT2D eigenvalue weighted by Crippen LogP contribution is -2.03. The molecule has 3 nitrogen and oxygen atoms in total. The van der Waals surface area contributed by atoms with Crippen molar-refractivity contribution in [3.8, 4) is 39.3 Å². The van der Waals surface area contributed by atoms with Crippen molar-refractivity contribution in [3.05, 3.63) is 134 Å². The molecule has 0 aliphatic carbocycles. The van der Waals surface area contributed by atoms with E-state index in [0.717, 1.165) is 61.3 Å². The van der Waals surface area contributed by atoms with Crippen LogP contribution in [0, 0.1) is 0 Å². The largest absolute Gasteiger partial charge is 0.464 e. The van der Waals surface area contributed by atoms with Crippen LogP contribution in [0.2, 0.25) is 0 Å². The van der Waals surface area contributed by atoms with Crippen molar-refractivity contribution in [1.29, 1.82) is 0 Å². The maximum atomic E-state index is 8.22. The Morgan fingerprint density at radius 2 is 1.28 bits per heavy atom. The number of para-hydroxylation sites is 4. The van der Waals surface area contributed by atoms with Crippen LogP contribution in [0.15, 0.2) is 138 Å². The molecule has 0 aliphatic heterocycles. The second-order valence-corrected chi connectivity index (χ2v) is 8.76. The lowest BCUT2D eigenvalue weighted by molar-refractivity contribution is 0.616. The van der Waals surface area contributed by atoms with Gasteiger partial charge in [0.2, 0.25) is 0 Å². The van der Waals surface area contributed by atoms with E-state index in [0.29, 0.717) is 6.04 Å². The van der Waals surface area contributed by atoms with E-state index in [4.69, 9.17) is 10.8 Å². The Labute approximate surface area is 210 Å². The molecular formula is C33H22N2O. The van der Waals surface area contributed by atoms with Gasteiger partial charge in [-0.3, -0.25) is 4.57 Å².